The molecule has 1 heterocycles. The molecular formula is C13H25NO2S. The molecule has 1 saturated carbocycles. The molecule has 17 heavy (non-hydrogen) atoms. The van der Waals surface area contributed by atoms with Crippen molar-refractivity contribution >= 4 is 9.84 Å². The Balaban J connectivity index is 1.65. The first kappa shape index (κ1) is 13.3. The summed E-state index contributed by atoms with van der Waals surface area (Å²) in [5.74, 6) is 1.99. The normalized spacial score (nSPS) is 30.8. The fourth-order valence-corrected chi connectivity index (χ4v) is 5.23. The topological polar surface area (TPSA) is 60.2 Å². The van der Waals surface area contributed by atoms with Crippen molar-refractivity contribution in [1.29, 1.82) is 0 Å². The standard InChI is InChI=1S/C13H25NO2S/c14-13(6-5-11-3-1-2-4-11)9-12-7-8-17(15,16)10-12/h11-13H,1-10,14H2. The van der Waals surface area contributed by atoms with E-state index in [2.05, 4.69) is 0 Å². The third-order valence-corrected chi connectivity index (χ3v) is 6.22. The molecule has 0 amide bonds. The van der Waals surface area contributed by atoms with E-state index < -0.39 is 9.84 Å². The van der Waals surface area contributed by atoms with Gasteiger partial charge in [-0.25, -0.2) is 8.42 Å². The average Bonchev–Trinajstić information content (AvgIpc) is 2.85. The van der Waals surface area contributed by atoms with E-state index in [9.17, 15) is 8.42 Å². The van der Waals surface area contributed by atoms with E-state index in [1.165, 1.54) is 32.1 Å². The lowest BCUT2D eigenvalue weighted by atomic mass is 9.93. The minimum Gasteiger partial charge on any atom is -0.328 e. The predicted molar refractivity (Wildman–Crippen MR) is 70.5 cm³/mol. The lowest BCUT2D eigenvalue weighted by Crippen LogP contribution is -2.24. The van der Waals surface area contributed by atoms with Crippen molar-refractivity contribution in [2.75, 3.05) is 11.5 Å². The van der Waals surface area contributed by atoms with Crippen LogP contribution in [-0.4, -0.2) is 26.0 Å². The first-order valence-corrected chi connectivity index (χ1v) is 8.83. The number of nitrogens with two attached hydrogens (primary N) is 1. The summed E-state index contributed by atoms with van der Waals surface area (Å²) in [6.45, 7) is 0. The Morgan fingerprint density at radius 2 is 1.82 bits per heavy atom. The number of rotatable bonds is 5. The van der Waals surface area contributed by atoms with Crippen LogP contribution in [0.3, 0.4) is 0 Å². The maximum atomic E-state index is 11.3. The van der Waals surface area contributed by atoms with Gasteiger partial charge in [0.15, 0.2) is 9.84 Å². The average molecular weight is 259 g/mol. The van der Waals surface area contributed by atoms with Gasteiger partial charge in [0.2, 0.25) is 0 Å². The zero-order valence-electron chi connectivity index (χ0n) is 10.6. The van der Waals surface area contributed by atoms with Gasteiger partial charge in [-0.15, -0.1) is 0 Å². The second-order valence-corrected chi connectivity index (χ2v) is 8.22. The molecule has 2 fully saturated rings. The highest BCUT2D eigenvalue weighted by Crippen LogP contribution is 2.30. The van der Waals surface area contributed by atoms with Crippen molar-refractivity contribution in [3.05, 3.63) is 0 Å². The van der Waals surface area contributed by atoms with Gasteiger partial charge >= 0.3 is 0 Å². The molecule has 1 aliphatic heterocycles. The molecule has 2 N–H and O–H groups in total. The second kappa shape index (κ2) is 5.70. The fraction of sp³-hybridized carbons (Fsp3) is 1.00. The van der Waals surface area contributed by atoms with Crippen LogP contribution in [0.25, 0.3) is 0 Å². The fourth-order valence-electron chi connectivity index (χ4n) is 3.35. The van der Waals surface area contributed by atoms with Crippen LogP contribution in [0, 0.1) is 11.8 Å². The van der Waals surface area contributed by atoms with Crippen molar-refractivity contribution < 1.29 is 8.42 Å². The Morgan fingerprint density at radius 1 is 1.12 bits per heavy atom. The first-order valence-electron chi connectivity index (χ1n) is 7.01. The van der Waals surface area contributed by atoms with E-state index in [1.807, 2.05) is 0 Å². The Morgan fingerprint density at radius 3 is 2.41 bits per heavy atom. The van der Waals surface area contributed by atoms with Gasteiger partial charge in [-0.1, -0.05) is 25.7 Å². The Bertz CT molecular complexity index is 333. The SMILES string of the molecule is NC(CCC1CCCC1)CC1CCS(=O)(=O)C1. The van der Waals surface area contributed by atoms with Crippen LogP contribution in [0.2, 0.25) is 0 Å². The molecule has 0 aromatic heterocycles. The molecule has 2 atom stereocenters. The van der Waals surface area contributed by atoms with Crippen LogP contribution >= 0.6 is 0 Å². The van der Waals surface area contributed by atoms with Gasteiger partial charge in [-0.05, 0) is 37.5 Å². The molecule has 0 bridgehead atoms. The lowest BCUT2D eigenvalue weighted by molar-refractivity contribution is 0.399. The highest BCUT2D eigenvalue weighted by atomic mass is 32.2. The third kappa shape index (κ3) is 4.25. The zero-order valence-corrected chi connectivity index (χ0v) is 11.4. The van der Waals surface area contributed by atoms with Crippen molar-refractivity contribution in [2.24, 2.45) is 17.6 Å². The van der Waals surface area contributed by atoms with Crippen molar-refractivity contribution in [2.45, 2.75) is 57.4 Å². The van der Waals surface area contributed by atoms with E-state index in [0.29, 0.717) is 17.4 Å². The lowest BCUT2D eigenvalue weighted by Gasteiger charge is -2.17. The number of hydrogen-bond acceptors (Lipinski definition) is 3. The van der Waals surface area contributed by atoms with Gasteiger partial charge in [0.1, 0.15) is 0 Å². The van der Waals surface area contributed by atoms with Gasteiger partial charge in [-0.2, -0.15) is 0 Å². The summed E-state index contributed by atoms with van der Waals surface area (Å²) in [6.07, 6.45) is 9.61. The minimum absolute atomic E-state index is 0.217. The van der Waals surface area contributed by atoms with Crippen LogP contribution < -0.4 is 5.73 Å². The van der Waals surface area contributed by atoms with Gasteiger partial charge in [-0.3, -0.25) is 0 Å². The van der Waals surface area contributed by atoms with E-state index in [-0.39, 0.29) is 6.04 Å². The summed E-state index contributed by atoms with van der Waals surface area (Å²) in [6, 6.07) is 0.217. The molecule has 0 aromatic carbocycles. The Hall–Kier alpha value is -0.0900. The summed E-state index contributed by atoms with van der Waals surface area (Å²) in [5.41, 5.74) is 6.13. The third-order valence-electron chi connectivity index (χ3n) is 4.38. The largest absolute Gasteiger partial charge is 0.328 e. The molecule has 4 heteroatoms. The number of hydrogen-bond donors (Lipinski definition) is 1. The monoisotopic (exact) mass is 259 g/mol. The predicted octanol–water partition coefficient (Wildman–Crippen LogP) is 2.11. The summed E-state index contributed by atoms with van der Waals surface area (Å²) in [5, 5.41) is 0. The highest BCUT2D eigenvalue weighted by molar-refractivity contribution is 7.91. The molecule has 100 valence electrons. The van der Waals surface area contributed by atoms with Crippen LogP contribution in [0.4, 0.5) is 0 Å². The number of sulfone groups is 1. The van der Waals surface area contributed by atoms with Gasteiger partial charge in [0.25, 0.3) is 0 Å². The molecule has 3 nitrogen and oxygen atoms in total. The molecule has 0 spiro atoms. The van der Waals surface area contributed by atoms with Crippen LogP contribution in [0.15, 0.2) is 0 Å². The summed E-state index contributed by atoms with van der Waals surface area (Å²) >= 11 is 0. The van der Waals surface area contributed by atoms with E-state index in [1.54, 1.807) is 0 Å². The summed E-state index contributed by atoms with van der Waals surface area (Å²) < 4.78 is 22.7. The molecule has 2 aliphatic rings. The van der Waals surface area contributed by atoms with Crippen molar-refractivity contribution in [3.8, 4) is 0 Å². The molecule has 0 aromatic rings. The summed E-state index contributed by atoms with van der Waals surface area (Å²) in [7, 11) is -2.73. The minimum atomic E-state index is -2.73. The Labute approximate surface area is 105 Å². The van der Waals surface area contributed by atoms with Gasteiger partial charge in [0, 0.05) is 6.04 Å². The smallest absolute Gasteiger partial charge is 0.150 e. The van der Waals surface area contributed by atoms with Crippen LogP contribution in [0.5, 0.6) is 0 Å². The van der Waals surface area contributed by atoms with Crippen molar-refractivity contribution in [3.63, 3.8) is 0 Å². The molecule has 2 unspecified atom stereocenters. The van der Waals surface area contributed by atoms with E-state index in [0.717, 1.165) is 25.2 Å². The zero-order chi connectivity index (χ0) is 12.3. The molecule has 1 aliphatic carbocycles. The van der Waals surface area contributed by atoms with Crippen molar-refractivity contribution in [1.82, 2.24) is 0 Å². The maximum Gasteiger partial charge on any atom is 0.150 e. The molecular weight excluding hydrogens is 234 g/mol. The highest BCUT2D eigenvalue weighted by Gasteiger charge is 2.29. The van der Waals surface area contributed by atoms with Gasteiger partial charge in [0.05, 0.1) is 11.5 Å². The van der Waals surface area contributed by atoms with E-state index >= 15 is 0 Å². The Kier molecular flexibility index (Phi) is 4.47. The van der Waals surface area contributed by atoms with Gasteiger partial charge < -0.3 is 5.73 Å². The first-order chi connectivity index (χ1) is 8.05. The molecule has 2 rings (SSSR count). The second-order valence-electron chi connectivity index (χ2n) is 5.99. The quantitative estimate of drug-likeness (QED) is 0.822. The summed E-state index contributed by atoms with van der Waals surface area (Å²) in [4.78, 5) is 0. The maximum absolute atomic E-state index is 11.3. The van der Waals surface area contributed by atoms with Crippen LogP contribution in [0.1, 0.15) is 51.4 Å². The molecule has 0 radical (unpaired) electrons. The van der Waals surface area contributed by atoms with Crippen LogP contribution in [-0.2, 0) is 9.84 Å². The molecule has 1 saturated heterocycles. The van der Waals surface area contributed by atoms with E-state index in [4.69, 9.17) is 5.73 Å².